The number of ether oxygens (including phenoxy) is 2. The molecule has 0 unspecified atom stereocenters. The second-order valence-electron chi connectivity index (χ2n) is 5.59. The van der Waals surface area contributed by atoms with E-state index in [1.54, 1.807) is 33.8 Å². The van der Waals surface area contributed by atoms with Crippen molar-refractivity contribution in [2.24, 2.45) is 0 Å². The van der Waals surface area contributed by atoms with Gasteiger partial charge in [-0.05, 0) is 36.4 Å². The number of sulfonamides is 1. The lowest BCUT2D eigenvalue weighted by Gasteiger charge is -2.24. The third-order valence-corrected chi connectivity index (χ3v) is 7.07. The summed E-state index contributed by atoms with van der Waals surface area (Å²) in [5.74, 6) is 1.11. The zero-order chi connectivity index (χ0) is 15.9. The highest BCUT2D eigenvalue weighted by Crippen LogP contribution is 2.40. The highest BCUT2D eigenvalue weighted by atomic mass is 32.2. The lowest BCUT2D eigenvalue weighted by atomic mass is 10.2. The van der Waals surface area contributed by atoms with Crippen LogP contribution in [0.2, 0.25) is 0 Å². The molecule has 7 heteroatoms. The molecule has 0 radical (unpaired) electrons. The molecule has 3 heterocycles. The molecule has 1 saturated heterocycles. The Morgan fingerprint density at radius 3 is 2.74 bits per heavy atom. The largest absolute Gasteiger partial charge is 0.486 e. The Labute approximate surface area is 139 Å². The Morgan fingerprint density at radius 1 is 1.13 bits per heavy atom. The van der Waals surface area contributed by atoms with Gasteiger partial charge >= 0.3 is 0 Å². The van der Waals surface area contributed by atoms with E-state index in [9.17, 15) is 8.42 Å². The maximum absolute atomic E-state index is 13.1. The fourth-order valence-corrected chi connectivity index (χ4v) is 5.74. The van der Waals surface area contributed by atoms with Crippen molar-refractivity contribution in [2.45, 2.75) is 23.8 Å². The number of rotatable bonds is 3. The molecule has 0 spiro atoms. The minimum absolute atomic E-state index is 0.0619. The molecule has 2 aromatic rings. The summed E-state index contributed by atoms with van der Waals surface area (Å²) in [5.41, 5.74) is 0. The summed E-state index contributed by atoms with van der Waals surface area (Å²) in [4.78, 5) is 1.37. The summed E-state index contributed by atoms with van der Waals surface area (Å²) in [5, 5.41) is 1.99. The zero-order valence-corrected chi connectivity index (χ0v) is 14.1. The molecule has 0 saturated carbocycles. The van der Waals surface area contributed by atoms with Crippen LogP contribution in [0.15, 0.2) is 40.6 Å². The molecule has 23 heavy (non-hydrogen) atoms. The zero-order valence-electron chi connectivity index (χ0n) is 12.5. The third-order valence-electron chi connectivity index (χ3n) is 4.20. The van der Waals surface area contributed by atoms with Crippen LogP contribution in [0.4, 0.5) is 0 Å². The molecule has 4 rings (SSSR count). The first-order valence-electron chi connectivity index (χ1n) is 7.61. The number of fused-ring (bicyclic) bond motifs is 1. The first-order chi connectivity index (χ1) is 11.2. The van der Waals surface area contributed by atoms with E-state index in [0.717, 1.165) is 17.7 Å². The molecule has 5 nitrogen and oxygen atoms in total. The van der Waals surface area contributed by atoms with E-state index in [0.29, 0.717) is 31.3 Å². The van der Waals surface area contributed by atoms with Crippen molar-refractivity contribution in [3.05, 3.63) is 40.6 Å². The molecule has 1 aromatic heterocycles. The van der Waals surface area contributed by atoms with Crippen molar-refractivity contribution in [2.75, 3.05) is 19.8 Å². The average molecular weight is 351 g/mol. The van der Waals surface area contributed by atoms with Gasteiger partial charge in [0.15, 0.2) is 11.5 Å². The first-order valence-corrected chi connectivity index (χ1v) is 9.93. The highest BCUT2D eigenvalue weighted by Gasteiger charge is 2.37. The van der Waals surface area contributed by atoms with Crippen molar-refractivity contribution >= 4 is 21.4 Å². The summed E-state index contributed by atoms with van der Waals surface area (Å²) < 4.78 is 38.7. The SMILES string of the molecule is O=S(=O)(c1ccc2c(c1)OCCO2)N1CCC[C@@H]1c1cccs1. The fraction of sp³-hybridized carbons (Fsp3) is 0.375. The van der Waals surface area contributed by atoms with Gasteiger partial charge in [0.25, 0.3) is 0 Å². The topological polar surface area (TPSA) is 55.8 Å². The highest BCUT2D eigenvalue weighted by molar-refractivity contribution is 7.89. The van der Waals surface area contributed by atoms with Gasteiger partial charge in [0.2, 0.25) is 10.0 Å². The minimum Gasteiger partial charge on any atom is -0.486 e. The van der Waals surface area contributed by atoms with Gasteiger partial charge < -0.3 is 9.47 Å². The van der Waals surface area contributed by atoms with E-state index >= 15 is 0 Å². The normalized spacial score (nSPS) is 21.5. The Bertz CT molecular complexity index is 801. The van der Waals surface area contributed by atoms with Gasteiger partial charge in [-0.2, -0.15) is 4.31 Å². The van der Waals surface area contributed by atoms with Gasteiger partial charge in [0, 0.05) is 17.5 Å². The maximum atomic E-state index is 13.1. The molecule has 0 N–H and O–H groups in total. The second-order valence-corrected chi connectivity index (χ2v) is 8.46. The van der Waals surface area contributed by atoms with Crippen LogP contribution < -0.4 is 9.47 Å². The Kier molecular flexibility index (Phi) is 3.79. The summed E-state index contributed by atoms with van der Waals surface area (Å²) >= 11 is 1.61. The standard InChI is InChI=1S/C16H17NO4S2/c18-23(19,12-5-6-14-15(11-12)21-9-8-20-14)17-7-1-3-13(17)16-4-2-10-22-16/h2,4-6,10-11,13H,1,3,7-9H2/t13-/m1/s1. The Hall–Kier alpha value is -1.57. The molecule has 122 valence electrons. The summed E-state index contributed by atoms with van der Waals surface area (Å²) in [6.07, 6.45) is 1.75. The summed E-state index contributed by atoms with van der Waals surface area (Å²) in [7, 11) is -3.54. The van der Waals surface area contributed by atoms with Crippen molar-refractivity contribution in [3.63, 3.8) is 0 Å². The summed E-state index contributed by atoms with van der Waals surface area (Å²) in [6.45, 7) is 1.49. The predicted octanol–water partition coefficient (Wildman–Crippen LogP) is 3.05. The van der Waals surface area contributed by atoms with Crippen LogP contribution in [0, 0.1) is 0 Å². The second kappa shape index (κ2) is 5.81. The van der Waals surface area contributed by atoms with Crippen molar-refractivity contribution in [1.82, 2.24) is 4.31 Å². The van der Waals surface area contributed by atoms with Crippen LogP contribution >= 0.6 is 11.3 Å². The molecule has 1 aromatic carbocycles. The summed E-state index contributed by atoms with van der Waals surface area (Å²) in [6, 6.07) is 8.77. The lowest BCUT2D eigenvalue weighted by molar-refractivity contribution is 0.171. The van der Waals surface area contributed by atoms with Crippen LogP contribution in [-0.2, 0) is 10.0 Å². The number of hydrogen-bond donors (Lipinski definition) is 0. The van der Waals surface area contributed by atoms with Crippen LogP contribution in [0.25, 0.3) is 0 Å². The van der Waals surface area contributed by atoms with Crippen LogP contribution in [0.3, 0.4) is 0 Å². The van der Waals surface area contributed by atoms with E-state index in [1.165, 1.54) is 0 Å². The van der Waals surface area contributed by atoms with E-state index in [4.69, 9.17) is 9.47 Å². The monoisotopic (exact) mass is 351 g/mol. The molecule has 0 amide bonds. The van der Waals surface area contributed by atoms with Crippen molar-refractivity contribution < 1.29 is 17.9 Å². The van der Waals surface area contributed by atoms with E-state index < -0.39 is 10.0 Å². The molecule has 0 bridgehead atoms. The molecule has 2 aliphatic rings. The van der Waals surface area contributed by atoms with E-state index in [2.05, 4.69) is 0 Å². The first kappa shape index (κ1) is 15.0. The Morgan fingerprint density at radius 2 is 1.96 bits per heavy atom. The Balaban J connectivity index is 1.69. The van der Waals surface area contributed by atoms with Crippen molar-refractivity contribution in [3.8, 4) is 11.5 Å². The fourth-order valence-electron chi connectivity index (χ4n) is 3.11. The third kappa shape index (κ3) is 2.62. The number of thiophene rings is 1. The van der Waals surface area contributed by atoms with Crippen LogP contribution in [0.5, 0.6) is 11.5 Å². The molecule has 1 fully saturated rings. The number of benzene rings is 1. The molecule has 1 atom stereocenters. The van der Waals surface area contributed by atoms with Gasteiger partial charge in [-0.1, -0.05) is 6.07 Å². The number of hydrogen-bond acceptors (Lipinski definition) is 5. The van der Waals surface area contributed by atoms with Gasteiger partial charge in [-0.25, -0.2) is 8.42 Å². The van der Waals surface area contributed by atoms with Gasteiger partial charge in [0.1, 0.15) is 13.2 Å². The van der Waals surface area contributed by atoms with Gasteiger partial charge in [-0.15, -0.1) is 11.3 Å². The molecule has 0 aliphatic carbocycles. The van der Waals surface area contributed by atoms with Crippen LogP contribution in [0.1, 0.15) is 23.8 Å². The van der Waals surface area contributed by atoms with Crippen LogP contribution in [-0.4, -0.2) is 32.5 Å². The lowest BCUT2D eigenvalue weighted by Crippen LogP contribution is -2.30. The van der Waals surface area contributed by atoms with Gasteiger partial charge in [0.05, 0.1) is 10.9 Å². The minimum atomic E-state index is -3.54. The van der Waals surface area contributed by atoms with Crippen molar-refractivity contribution in [1.29, 1.82) is 0 Å². The number of nitrogens with zero attached hydrogens (tertiary/aromatic N) is 1. The van der Waals surface area contributed by atoms with E-state index in [1.807, 2.05) is 17.5 Å². The van der Waals surface area contributed by atoms with E-state index in [-0.39, 0.29) is 10.9 Å². The molecular weight excluding hydrogens is 334 g/mol. The average Bonchev–Trinajstić information content (AvgIpc) is 3.25. The maximum Gasteiger partial charge on any atom is 0.243 e. The predicted molar refractivity (Wildman–Crippen MR) is 87.6 cm³/mol. The molecular formula is C16H17NO4S2. The molecule has 2 aliphatic heterocycles. The van der Waals surface area contributed by atoms with Gasteiger partial charge in [-0.3, -0.25) is 0 Å². The quantitative estimate of drug-likeness (QED) is 0.853. The smallest absolute Gasteiger partial charge is 0.243 e.